The first kappa shape index (κ1) is 18.6. The molecule has 0 saturated heterocycles. The number of nitrogens with one attached hydrogen (secondary N) is 2. The molecule has 1 aliphatic heterocycles. The second-order valence-electron chi connectivity index (χ2n) is 6.71. The molecule has 0 fully saturated rings. The molecule has 1 amide bonds. The zero-order valence-corrected chi connectivity index (χ0v) is 16.6. The first-order valence-electron chi connectivity index (χ1n) is 9.44. The Hall–Kier alpha value is -3.46. The zero-order chi connectivity index (χ0) is 20.3. The van der Waals surface area contributed by atoms with Gasteiger partial charge in [0.25, 0.3) is 11.1 Å². The van der Waals surface area contributed by atoms with Gasteiger partial charge in [-0.15, -0.1) is 10.2 Å². The van der Waals surface area contributed by atoms with E-state index >= 15 is 0 Å². The molecule has 152 valence electrons. The number of rotatable bonds is 6. The molecule has 9 heteroatoms. The Labute approximate surface area is 176 Å². The van der Waals surface area contributed by atoms with E-state index in [-0.39, 0.29) is 17.8 Å². The Morgan fingerprint density at radius 3 is 2.90 bits per heavy atom. The zero-order valence-electron chi connectivity index (χ0n) is 15.8. The average Bonchev–Trinajstić information content (AvgIpc) is 3.43. The fraction of sp³-hybridized carbons (Fsp3) is 0.190. The Bertz CT molecular complexity index is 1190. The molecule has 0 spiro atoms. The van der Waals surface area contributed by atoms with Gasteiger partial charge < -0.3 is 24.2 Å². The molecule has 0 unspecified atom stereocenters. The van der Waals surface area contributed by atoms with Gasteiger partial charge in [-0.25, -0.2) is 0 Å². The second kappa shape index (κ2) is 8.11. The van der Waals surface area contributed by atoms with Crippen molar-refractivity contribution in [3.63, 3.8) is 0 Å². The maximum Gasteiger partial charge on any atom is 0.277 e. The van der Waals surface area contributed by atoms with Gasteiger partial charge in [0, 0.05) is 17.1 Å². The summed E-state index contributed by atoms with van der Waals surface area (Å²) in [6.07, 6.45) is 1.61. The minimum atomic E-state index is -0.231. The highest BCUT2D eigenvalue weighted by atomic mass is 32.2. The summed E-state index contributed by atoms with van der Waals surface area (Å²) in [5.41, 5.74) is 1.83. The minimum absolute atomic E-state index is 0.144. The smallest absolute Gasteiger partial charge is 0.277 e. The lowest BCUT2D eigenvalue weighted by Crippen LogP contribution is -2.41. The maximum absolute atomic E-state index is 12.2. The van der Waals surface area contributed by atoms with Crippen LogP contribution in [0.3, 0.4) is 0 Å². The summed E-state index contributed by atoms with van der Waals surface area (Å²) in [6.45, 7) is 0.750. The summed E-state index contributed by atoms with van der Waals surface area (Å²) in [6, 6.07) is 15.4. The van der Waals surface area contributed by atoms with Crippen molar-refractivity contribution < 1.29 is 18.7 Å². The molecular formula is C21H18N4O4S. The number of carbonyl (C=O) groups excluding carboxylic acids is 1. The minimum Gasteiger partial charge on any atom is -0.486 e. The molecule has 0 bridgehead atoms. The molecule has 2 aromatic carbocycles. The van der Waals surface area contributed by atoms with Crippen molar-refractivity contribution in [3.8, 4) is 23.0 Å². The Morgan fingerprint density at radius 1 is 1.13 bits per heavy atom. The molecular weight excluding hydrogens is 404 g/mol. The fourth-order valence-electron chi connectivity index (χ4n) is 3.20. The third-order valence-corrected chi connectivity index (χ3v) is 5.47. The van der Waals surface area contributed by atoms with Gasteiger partial charge in [-0.05, 0) is 18.2 Å². The van der Waals surface area contributed by atoms with Gasteiger partial charge in [-0.3, -0.25) is 4.79 Å². The van der Waals surface area contributed by atoms with Gasteiger partial charge in [0.05, 0.1) is 17.9 Å². The molecule has 2 N–H and O–H groups in total. The van der Waals surface area contributed by atoms with Gasteiger partial charge in [0.15, 0.2) is 11.5 Å². The van der Waals surface area contributed by atoms with Gasteiger partial charge in [0.1, 0.15) is 12.7 Å². The summed E-state index contributed by atoms with van der Waals surface area (Å²) < 4.78 is 17.2. The van der Waals surface area contributed by atoms with E-state index in [1.807, 2.05) is 54.7 Å². The van der Waals surface area contributed by atoms with Crippen LogP contribution in [0.15, 0.2) is 64.4 Å². The summed E-state index contributed by atoms with van der Waals surface area (Å²) in [5.74, 6) is 1.85. The topological polar surface area (TPSA) is 102 Å². The molecule has 5 rings (SSSR count). The van der Waals surface area contributed by atoms with E-state index in [4.69, 9.17) is 13.9 Å². The van der Waals surface area contributed by atoms with Crippen LogP contribution in [0.1, 0.15) is 0 Å². The molecule has 1 aliphatic rings. The predicted molar refractivity (Wildman–Crippen MR) is 112 cm³/mol. The van der Waals surface area contributed by atoms with Gasteiger partial charge in [-0.1, -0.05) is 42.1 Å². The van der Waals surface area contributed by atoms with E-state index in [1.54, 1.807) is 0 Å². The number of para-hydroxylation sites is 3. The van der Waals surface area contributed by atoms with Crippen molar-refractivity contribution in [2.24, 2.45) is 0 Å². The van der Waals surface area contributed by atoms with Crippen LogP contribution in [0.5, 0.6) is 11.5 Å². The lowest BCUT2D eigenvalue weighted by atomic mass is 10.2. The van der Waals surface area contributed by atoms with E-state index in [9.17, 15) is 4.79 Å². The number of benzene rings is 2. The van der Waals surface area contributed by atoms with Gasteiger partial charge >= 0.3 is 0 Å². The average molecular weight is 422 g/mol. The quantitative estimate of drug-likeness (QED) is 0.460. The summed E-state index contributed by atoms with van der Waals surface area (Å²) in [4.78, 5) is 15.4. The SMILES string of the molecule is O=C(CSc1nnc(-c2c[nH]c3ccccc23)o1)NC[C@@H]1COc2ccccc2O1. The summed E-state index contributed by atoms with van der Waals surface area (Å²) in [7, 11) is 0. The number of nitrogens with zero attached hydrogens (tertiary/aromatic N) is 2. The number of hydrogen-bond donors (Lipinski definition) is 2. The van der Waals surface area contributed by atoms with Crippen LogP contribution < -0.4 is 14.8 Å². The number of thioether (sulfide) groups is 1. The lowest BCUT2D eigenvalue weighted by Gasteiger charge is -2.26. The van der Waals surface area contributed by atoms with Gasteiger partial charge in [0.2, 0.25) is 5.91 Å². The van der Waals surface area contributed by atoms with Crippen molar-refractivity contribution in [2.75, 3.05) is 18.9 Å². The number of carbonyl (C=O) groups is 1. The monoisotopic (exact) mass is 422 g/mol. The van der Waals surface area contributed by atoms with Crippen LogP contribution in [-0.2, 0) is 4.79 Å². The van der Waals surface area contributed by atoms with Crippen molar-refractivity contribution in [3.05, 3.63) is 54.7 Å². The Morgan fingerprint density at radius 2 is 1.97 bits per heavy atom. The first-order valence-corrected chi connectivity index (χ1v) is 10.4. The van der Waals surface area contributed by atoms with E-state index in [1.165, 1.54) is 11.8 Å². The molecule has 4 aromatic rings. The van der Waals surface area contributed by atoms with Gasteiger partial charge in [-0.2, -0.15) is 0 Å². The highest BCUT2D eigenvalue weighted by molar-refractivity contribution is 7.99. The molecule has 2 aromatic heterocycles. The van der Waals surface area contributed by atoms with Crippen molar-refractivity contribution >= 4 is 28.6 Å². The Balaban J connectivity index is 1.13. The third-order valence-electron chi connectivity index (χ3n) is 4.65. The van der Waals surface area contributed by atoms with Crippen LogP contribution in [0, 0.1) is 0 Å². The van der Waals surface area contributed by atoms with Crippen LogP contribution >= 0.6 is 11.8 Å². The molecule has 8 nitrogen and oxygen atoms in total. The normalized spacial score (nSPS) is 15.3. The highest BCUT2D eigenvalue weighted by Gasteiger charge is 2.21. The number of amides is 1. The number of hydrogen-bond acceptors (Lipinski definition) is 7. The van der Waals surface area contributed by atoms with Crippen molar-refractivity contribution in [1.29, 1.82) is 0 Å². The lowest BCUT2D eigenvalue weighted by molar-refractivity contribution is -0.119. The predicted octanol–water partition coefficient (Wildman–Crippen LogP) is 3.27. The molecule has 0 saturated carbocycles. The van der Waals surface area contributed by atoms with Crippen LogP contribution in [-0.4, -0.2) is 46.1 Å². The van der Waals surface area contributed by atoms with Crippen molar-refractivity contribution in [1.82, 2.24) is 20.5 Å². The molecule has 0 aliphatic carbocycles. The van der Waals surface area contributed by atoms with E-state index < -0.39 is 0 Å². The van der Waals surface area contributed by atoms with E-state index in [2.05, 4.69) is 20.5 Å². The van der Waals surface area contributed by atoms with Crippen LogP contribution in [0.2, 0.25) is 0 Å². The third kappa shape index (κ3) is 3.84. The first-order chi connectivity index (χ1) is 14.8. The standard InChI is InChI=1S/C21H18N4O4S/c26-19(23-9-13-11-27-17-7-3-4-8-18(17)28-13)12-30-21-25-24-20(29-21)15-10-22-16-6-2-1-5-14(15)16/h1-8,10,13,22H,9,11-12H2,(H,23,26)/t13-/m1/s1. The number of ether oxygens (including phenoxy) is 2. The fourth-order valence-corrected chi connectivity index (χ4v) is 3.79. The molecule has 1 atom stereocenters. The van der Waals surface area contributed by atoms with E-state index in [0.717, 1.165) is 22.2 Å². The summed E-state index contributed by atoms with van der Waals surface area (Å²) in [5, 5.41) is 12.3. The maximum atomic E-state index is 12.2. The number of aromatic amines is 1. The van der Waals surface area contributed by atoms with Crippen molar-refractivity contribution in [2.45, 2.75) is 11.3 Å². The molecule has 0 radical (unpaired) electrons. The number of H-pyrrole nitrogens is 1. The van der Waals surface area contributed by atoms with E-state index in [0.29, 0.717) is 30.0 Å². The molecule has 3 heterocycles. The number of fused-ring (bicyclic) bond motifs is 2. The second-order valence-corrected chi connectivity index (χ2v) is 7.64. The summed E-state index contributed by atoms with van der Waals surface area (Å²) >= 11 is 1.19. The Kier molecular flexibility index (Phi) is 5.02. The largest absolute Gasteiger partial charge is 0.486 e. The van der Waals surface area contributed by atoms with Crippen LogP contribution in [0.25, 0.3) is 22.4 Å². The highest BCUT2D eigenvalue weighted by Crippen LogP contribution is 2.31. The molecule has 30 heavy (non-hydrogen) atoms. The number of aromatic nitrogens is 3. The van der Waals surface area contributed by atoms with Crippen LogP contribution in [0.4, 0.5) is 0 Å².